The van der Waals surface area contributed by atoms with Gasteiger partial charge in [-0.1, -0.05) is 164 Å². The third-order valence-electron chi connectivity index (χ3n) is 9.70. The molecule has 3 aromatic heterocycles. The van der Waals surface area contributed by atoms with E-state index in [1.807, 2.05) is 47.7 Å². The first-order chi connectivity index (χ1) is 25.3. The van der Waals surface area contributed by atoms with Crippen molar-refractivity contribution in [2.75, 3.05) is 0 Å². The highest BCUT2D eigenvalue weighted by Crippen LogP contribution is 2.44. The van der Waals surface area contributed by atoms with E-state index < -0.39 is 0 Å². The molecule has 0 amide bonds. The maximum atomic E-state index is 5.40. The molecule has 4 heteroatoms. The van der Waals surface area contributed by atoms with Gasteiger partial charge in [0.1, 0.15) is 0 Å². The summed E-state index contributed by atoms with van der Waals surface area (Å²) in [6.45, 7) is 0. The number of nitrogens with zero attached hydrogens (tertiary/aromatic N) is 3. The van der Waals surface area contributed by atoms with Crippen LogP contribution in [0.2, 0.25) is 0 Å². The second-order valence-corrected chi connectivity index (χ2v) is 13.8. The van der Waals surface area contributed by atoms with Crippen molar-refractivity contribution in [1.29, 1.82) is 0 Å². The molecule has 0 fully saturated rings. The Morgan fingerprint density at radius 1 is 0.373 bits per heavy atom. The molecule has 0 spiro atoms. The Balaban J connectivity index is 1.04. The van der Waals surface area contributed by atoms with Crippen molar-refractivity contribution in [3.05, 3.63) is 176 Å². The molecule has 10 aromatic rings. The van der Waals surface area contributed by atoms with E-state index in [-0.39, 0.29) is 0 Å². The van der Waals surface area contributed by atoms with Crippen molar-refractivity contribution in [2.24, 2.45) is 0 Å². The van der Waals surface area contributed by atoms with Crippen LogP contribution < -0.4 is 0 Å². The molecule has 0 unspecified atom stereocenters. The average Bonchev–Trinajstić information content (AvgIpc) is 3.61. The van der Waals surface area contributed by atoms with Crippen molar-refractivity contribution in [3.63, 3.8) is 0 Å². The minimum Gasteiger partial charge on any atom is -0.246 e. The number of aromatic nitrogens is 3. The summed E-state index contributed by atoms with van der Waals surface area (Å²) in [5.74, 6) is 0.717. The molecule has 0 aliphatic carbocycles. The molecule has 0 radical (unpaired) electrons. The van der Waals surface area contributed by atoms with E-state index in [0.29, 0.717) is 0 Å². The van der Waals surface area contributed by atoms with Gasteiger partial charge in [0.05, 0.1) is 27.3 Å². The Morgan fingerprint density at radius 2 is 0.922 bits per heavy atom. The van der Waals surface area contributed by atoms with Crippen molar-refractivity contribution in [2.45, 2.75) is 0 Å². The summed E-state index contributed by atoms with van der Waals surface area (Å²) in [4.78, 5) is 15.4. The Morgan fingerprint density at radius 3 is 1.63 bits per heavy atom. The van der Waals surface area contributed by atoms with Gasteiger partial charge in [-0.05, 0) is 28.6 Å². The second-order valence-electron chi connectivity index (χ2n) is 12.8. The van der Waals surface area contributed by atoms with Crippen LogP contribution in [0.4, 0.5) is 0 Å². The van der Waals surface area contributed by atoms with Crippen LogP contribution in [0, 0.1) is 0 Å². The topological polar surface area (TPSA) is 38.7 Å². The van der Waals surface area contributed by atoms with Gasteiger partial charge in [-0.25, -0.2) is 15.0 Å². The molecule has 0 N–H and O–H groups in total. The lowest BCUT2D eigenvalue weighted by atomic mass is 9.98. The summed E-state index contributed by atoms with van der Waals surface area (Å²) in [6, 6.07) is 61.8. The van der Waals surface area contributed by atoms with Gasteiger partial charge in [0, 0.05) is 48.5 Å². The molecule has 10 rings (SSSR count). The van der Waals surface area contributed by atoms with Gasteiger partial charge in [-0.3, -0.25) is 0 Å². The Labute approximate surface area is 299 Å². The summed E-state index contributed by atoms with van der Waals surface area (Å²) in [6.07, 6.45) is 0. The highest BCUT2D eigenvalue weighted by Gasteiger charge is 2.18. The third-order valence-corrected chi connectivity index (χ3v) is 10.9. The molecular weight excluding hydrogens is 639 g/mol. The molecule has 0 bridgehead atoms. The molecule has 51 heavy (non-hydrogen) atoms. The summed E-state index contributed by atoms with van der Waals surface area (Å²) in [5, 5.41) is 6.17. The van der Waals surface area contributed by atoms with Gasteiger partial charge >= 0.3 is 0 Å². The number of hydrogen-bond donors (Lipinski definition) is 0. The van der Waals surface area contributed by atoms with E-state index in [0.717, 1.165) is 61.8 Å². The van der Waals surface area contributed by atoms with Crippen LogP contribution in [0.3, 0.4) is 0 Å². The number of rotatable bonds is 5. The van der Waals surface area contributed by atoms with Crippen LogP contribution in [0.15, 0.2) is 176 Å². The minimum atomic E-state index is 0.717. The zero-order valence-corrected chi connectivity index (χ0v) is 28.3. The van der Waals surface area contributed by atoms with Gasteiger partial charge in [-0.15, -0.1) is 11.3 Å². The summed E-state index contributed by atoms with van der Waals surface area (Å²) in [5.41, 5.74) is 10.4. The second kappa shape index (κ2) is 12.1. The smallest absolute Gasteiger partial charge is 0.160 e. The molecule has 238 valence electrons. The van der Waals surface area contributed by atoms with E-state index in [2.05, 4.69) is 140 Å². The number of pyridine rings is 1. The van der Waals surface area contributed by atoms with E-state index >= 15 is 0 Å². The summed E-state index contributed by atoms with van der Waals surface area (Å²) >= 11 is 1.83. The lowest BCUT2D eigenvalue weighted by molar-refractivity contribution is 1.18. The van der Waals surface area contributed by atoms with Crippen LogP contribution in [0.1, 0.15) is 0 Å². The van der Waals surface area contributed by atoms with Crippen molar-refractivity contribution in [3.8, 4) is 56.3 Å². The molecule has 0 saturated carbocycles. The Kier molecular flexibility index (Phi) is 7.00. The van der Waals surface area contributed by atoms with Crippen molar-refractivity contribution < 1.29 is 0 Å². The third kappa shape index (κ3) is 5.16. The fourth-order valence-electron chi connectivity index (χ4n) is 7.14. The number of thiophene rings is 1. The number of hydrogen-bond acceptors (Lipinski definition) is 4. The van der Waals surface area contributed by atoms with Gasteiger partial charge < -0.3 is 0 Å². The fourth-order valence-corrected chi connectivity index (χ4v) is 8.37. The Bertz CT molecular complexity index is 2820. The SMILES string of the molecule is c1ccc(-c2cc(-c3ccc(-c4ccc(-c5nc6c7ccccc7ccc6c6c5sc5ccccc56)cc4)cc3)nc(-c3ccccc3)n2)cc1. The summed E-state index contributed by atoms with van der Waals surface area (Å²) in [7, 11) is 0. The molecule has 0 aliphatic heterocycles. The van der Waals surface area contributed by atoms with Crippen molar-refractivity contribution in [1.82, 2.24) is 15.0 Å². The quantitative estimate of drug-likeness (QED) is 0.171. The Hall–Kier alpha value is -6.49. The summed E-state index contributed by atoms with van der Waals surface area (Å²) < 4.78 is 2.51. The number of fused-ring (bicyclic) bond motifs is 7. The maximum Gasteiger partial charge on any atom is 0.160 e. The lowest BCUT2D eigenvalue weighted by Crippen LogP contribution is -1.95. The highest BCUT2D eigenvalue weighted by atomic mass is 32.1. The molecule has 0 atom stereocenters. The first-order valence-corrected chi connectivity index (χ1v) is 17.9. The van der Waals surface area contributed by atoms with Crippen LogP contribution in [0.25, 0.3) is 98.1 Å². The first kappa shape index (κ1) is 29.4. The molecule has 3 heterocycles. The van der Waals surface area contributed by atoms with E-state index in [9.17, 15) is 0 Å². The largest absolute Gasteiger partial charge is 0.246 e. The van der Waals surface area contributed by atoms with Crippen LogP contribution in [-0.4, -0.2) is 15.0 Å². The highest BCUT2D eigenvalue weighted by molar-refractivity contribution is 7.26. The van der Waals surface area contributed by atoms with Gasteiger partial charge in [-0.2, -0.15) is 0 Å². The molecule has 7 aromatic carbocycles. The molecule has 0 saturated heterocycles. The maximum absolute atomic E-state index is 5.40. The average molecular weight is 668 g/mol. The van der Waals surface area contributed by atoms with Crippen LogP contribution in [-0.2, 0) is 0 Å². The standard InChI is InChI=1S/C47H29N3S/c1-3-12-33(13-4-1)40-29-41(49-47(48-40)36-14-5-2-6-15-36)34-23-19-30(20-24-34)31-21-25-35(26-22-31)44-46-43(38-17-9-10-18-42(38)51-46)39-28-27-32-11-7-8-16-37(32)45(39)50-44/h1-29H. The van der Waals surface area contributed by atoms with Crippen molar-refractivity contribution >= 4 is 53.2 Å². The molecule has 3 nitrogen and oxygen atoms in total. The van der Waals surface area contributed by atoms with E-state index in [4.69, 9.17) is 15.0 Å². The predicted molar refractivity (Wildman–Crippen MR) is 215 cm³/mol. The van der Waals surface area contributed by atoms with Crippen LogP contribution >= 0.6 is 11.3 Å². The number of benzene rings is 7. The first-order valence-electron chi connectivity index (χ1n) is 17.1. The molecular formula is C47H29N3S. The van der Waals surface area contributed by atoms with Gasteiger partial charge in [0.2, 0.25) is 0 Å². The zero-order valence-electron chi connectivity index (χ0n) is 27.5. The van der Waals surface area contributed by atoms with Gasteiger partial charge in [0.25, 0.3) is 0 Å². The predicted octanol–water partition coefficient (Wildman–Crippen LogP) is 12.9. The monoisotopic (exact) mass is 667 g/mol. The normalized spacial score (nSPS) is 11.5. The van der Waals surface area contributed by atoms with E-state index in [1.165, 1.54) is 36.3 Å². The lowest BCUT2D eigenvalue weighted by Gasteiger charge is -2.11. The zero-order chi connectivity index (χ0) is 33.7. The fraction of sp³-hybridized carbons (Fsp3) is 0. The molecule has 0 aliphatic rings. The van der Waals surface area contributed by atoms with E-state index in [1.54, 1.807) is 0 Å². The van der Waals surface area contributed by atoms with Gasteiger partial charge in [0.15, 0.2) is 5.82 Å². The minimum absolute atomic E-state index is 0.717. The van der Waals surface area contributed by atoms with Crippen LogP contribution in [0.5, 0.6) is 0 Å².